The first kappa shape index (κ1) is 23.9. The molecule has 13 heteroatoms. The number of rotatable bonds is 8. The standard InChI is InChI=1S/C22H18FN5O6S/c1-12(29)5-7-14-11-27(22(31)34-14)13-6-8-15(16(23)9-13)17-3-2-4-18(25-17)20(30)26-21-24-10-19(35-21)28(32)33/h2-4,6,8-10,14H,5,7,11H2,1H3,(H,24,26,30)/t14-/m0/s1. The second-order valence-electron chi connectivity index (χ2n) is 7.64. The number of thiazole rings is 1. The Morgan fingerprint density at radius 3 is 2.83 bits per heavy atom. The van der Waals surface area contributed by atoms with Crippen LogP contribution in [0.15, 0.2) is 42.6 Å². The molecule has 1 aliphatic rings. The fourth-order valence-corrected chi connectivity index (χ4v) is 4.03. The lowest BCUT2D eigenvalue weighted by Crippen LogP contribution is -2.24. The molecule has 1 aliphatic heterocycles. The minimum Gasteiger partial charge on any atom is -0.444 e. The highest BCUT2D eigenvalue weighted by Crippen LogP contribution is 2.30. The SMILES string of the molecule is CC(=O)CC[C@H]1CN(c2ccc(-c3cccc(C(=O)Nc4ncc([N+](=O)[O-])s4)n3)c(F)c2)C(=O)O1. The van der Waals surface area contributed by atoms with Crippen molar-refractivity contribution in [2.75, 3.05) is 16.8 Å². The summed E-state index contributed by atoms with van der Waals surface area (Å²) in [6.07, 6.45) is 0.637. The monoisotopic (exact) mass is 499 g/mol. The first-order valence-corrected chi connectivity index (χ1v) is 11.2. The summed E-state index contributed by atoms with van der Waals surface area (Å²) in [6.45, 7) is 1.66. The molecule has 11 nitrogen and oxygen atoms in total. The van der Waals surface area contributed by atoms with E-state index in [-0.39, 0.29) is 45.8 Å². The molecule has 3 aromatic rings. The number of nitrogens with one attached hydrogen (secondary N) is 1. The predicted octanol–water partition coefficient (Wildman–Crippen LogP) is 4.20. The van der Waals surface area contributed by atoms with Gasteiger partial charge in [0.05, 0.1) is 22.8 Å². The second kappa shape index (κ2) is 9.93. The van der Waals surface area contributed by atoms with E-state index in [0.717, 1.165) is 6.20 Å². The van der Waals surface area contributed by atoms with E-state index in [1.165, 1.54) is 48.2 Å². The van der Waals surface area contributed by atoms with Gasteiger partial charge in [-0.1, -0.05) is 6.07 Å². The maximum atomic E-state index is 15.0. The third kappa shape index (κ3) is 5.46. The first-order chi connectivity index (χ1) is 16.7. The molecule has 35 heavy (non-hydrogen) atoms. The van der Waals surface area contributed by atoms with Crippen LogP contribution in [0.25, 0.3) is 11.3 Å². The minimum absolute atomic E-state index is 0.00808. The molecule has 0 unspecified atom stereocenters. The van der Waals surface area contributed by atoms with Crippen molar-refractivity contribution in [2.24, 2.45) is 0 Å². The lowest BCUT2D eigenvalue weighted by atomic mass is 10.1. The Morgan fingerprint density at radius 2 is 2.14 bits per heavy atom. The number of nitrogens with zero attached hydrogens (tertiary/aromatic N) is 4. The van der Waals surface area contributed by atoms with Gasteiger partial charge in [0.25, 0.3) is 5.91 Å². The number of cyclic esters (lactones) is 1. The number of benzene rings is 1. The van der Waals surface area contributed by atoms with Gasteiger partial charge in [-0.2, -0.15) is 0 Å². The average molecular weight is 499 g/mol. The van der Waals surface area contributed by atoms with E-state index < -0.39 is 28.8 Å². The molecular formula is C22H18FN5O6S. The van der Waals surface area contributed by atoms with Crippen molar-refractivity contribution in [3.8, 4) is 11.3 Å². The van der Waals surface area contributed by atoms with Crippen molar-refractivity contribution in [2.45, 2.75) is 25.9 Å². The van der Waals surface area contributed by atoms with E-state index in [4.69, 9.17) is 4.74 Å². The summed E-state index contributed by atoms with van der Waals surface area (Å²) in [5.74, 6) is -1.33. The normalized spacial score (nSPS) is 15.1. The molecule has 0 saturated carbocycles. The van der Waals surface area contributed by atoms with Crippen LogP contribution < -0.4 is 10.2 Å². The molecule has 0 bridgehead atoms. The number of ether oxygens (including phenoxy) is 1. The number of carbonyl (C=O) groups is 3. The molecule has 1 saturated heterocycles. The van der Waals surface area contributed by atoms with Gasteiger partial charge < -0.3 is 9.53 Å². The van der Waals surface area contributed by atoms with Crippen molar-refractivity contribution < 1.29 is 28.4 Å². The maximum absolute atomic E-state index is 15.0. The molecular weight excluding hydrogens is 481 g/mol. The predicted molar refractivity (Wildman–Crippen MR) is 124 cm³/mol. The number of nitro groups is 1. The summed E-state index contributed by atoms with van der Waals surface area (Å²) in [7, 11) is 0. The number of amides is 2. The van der Waals surface area contributed by atoms with E-state index in [9.17, 15) is 28.9 Å². The number of hydrogen-bond donors (Lipinski definition) is 1. The highest BCUT2D eigenvalue weighted by molar-refractivity contribution is 7.18. The fraction of sp³-hybridized carbons (Fsp3) is 0.227. The number of carbonyl (C=O) groups excluding carboxylic acids is 3. The molecule has 1 N–H and O–H groups in total. The van der Waals surface area contributed by atoms with E-state index in [1.54, 1.807) is 0 Å². The van der Waals surface area contributed by atoms with Crippen molar-refractivity contribution >= 4 is 44.9 Å². The van der Waals surface area contributed by atoms with E-state index >= 15 is 0 Å². The Kier molecular flexibility index (Phi) is 6.78. The van der Waals surface area contributed by atoms with Gasteiger partial charge in [0.1, 0.15) is 29.6 Å². The number of pyridine rings is 1. The van der Waals surface area contributed by atoms with Gasteiger partial charge in [0, 0.05) is 12.0 Å². The third-order valence-electron chi connectivity index (χ3n) is 5.11. The number of aromatic nitrogens is 2. The van der Waals surface area contributed by atoms with Crippen LogP contribution >= 0.6 is 11.3 Å². The number of halogens is 1. The number of ketones is 1. The van der Waals surface area contributed by atoms with Crippen molar-refractivity contribution in [1.29, 1.82) is 0 Å². The Labute approximate surface area is 201 Å². The summed E-state index contributed by atoms with van der Waals surface area (Å²) in [4.78, 5) is 55.3. The Bertz CT molecular complexity index is 1330. The number of hydrogen-bond acceptors (Lipinski definition) is 9. The van der Waals surface area contributed by atoms with Crippen molar-refractivity contribution in [3.63, 3.8) is 0 Å². The van der Waals surface area contributed by atoms with Crippen LogP contribution in [0.2, 0.25) is 0 Å². The molecule has 180 valence electrons. The zero-order chi connectivity index (χ0) is 25.1. The van der Waals surface area contributed by atoms with Crippen LogP contribution in [0.5, 0.6) is 0 Å². The van der Waals surface area contributed by atoms with Gasteiger partial charge in [0.15, 0.2) is 5.13 Å². The van der Waals surface area contributed by atoms with Gasteiger partial charge in [0.2, 0.25) is 0 Å². The fourth-order valence-electron chi connectivity index (χ4n) is 3.41. The zero-order valence-corrected chi connectivity index (χ0v) is 19.1. The molecule has 1 aromatic carbocycles. The quantitative estimate of drug-likeness (QED) is 0.359. The van der Waals surface area contributed by atoms with Crippen LogP contribution in [-0.4, -0.2) is 45.3 Å². The molecule has 0 spiro atoms. The number of anilines is 2. The number of Topliss-reactive ketones (excluding diaryl/α,β-unsaturated/α-hetero) is 1. The van der Waals surface area contributed by atoms with Crippen molar-refractivity contribution in [1.82, 2.24) is 9.97 Å². The first-order valence-electron chi connectivity index (χ1n) is 10.4. The minimum atomic E-state index is -0.664. The van der Waals surface area contributed by atoms with Crippen LogP contribution in [0, 0.1) is 15.9 Å². The van der Waals surface area contributed by atoms with Crippen LogP contribution in [-0.2, 0) is 9.53 Å². The highest BCUT2D eigenvalue weighted by Gasteiger charge is 2.32. The average Bonchev–Trinajstić information content (AvgIpc) is 3.44. The zero-order valence-electron chi connectivity index (χ0n) is 18.3. The molecule has 1 fully saturated rings. The maximum Gasteiger partial charge on any atom is 0.414 e. The van der Waals surface area contributed by atoms with Crippen LogP contribution in [0.3, 0.4) is 0 Å². The Hall–Kier alpha value is -4.26. The Balaban J connectivity index is 1.49. The van der Waals surface area contributed by atoms with Gasteiger partial charge >= 0.3 is 11.1 Å². The summed E-state index contributed by atoms with van der Waals surface area (Å²) >= 11 is 0.696. The largest absolute Gasteiger partial charge is 0.444 e. The van der Waals surface area contributed by atoms with Crippen LogP contribution in [0.1, 0.15) is 30.3 Å². The van der Waals surface area contributed by atoms with E-state index in [0.29, 0.717) is 23.4 Å². The summed E-state index contributed by atoms with van der Waals surface area (Å²) in [5.41, 5.74) is 0.533. The van der Waals surface area contributed by atoms with Gasteiger partial charge in [-0.15, -0.1) is 0 Å². The van der Waals surface area contributed by atoms with E-state index in [1.807, 2.05) is 0 Å². The summed E-state index contributed by atoms with van der Waals surface area (Å²) in [5, 5.41) is 13.0. The van der Waals surface area contributed by atoms with Crippen molar-refractivity contribution in [3.05, 3.63) is 64.2 Å². The summed E-state index contributed by atoms with van der Waals surface area (Å²) in [6, 6.07) is 8.60. The smallest absolute Gasteiger partial charge is 0.414 e. The molecule has 2 amide bonds. The van der Waals surface area contributed by atoms with Gasteiger partial charge in [-0.3, -0.25) is 25.1 Å². The molecule has 1 atom stereocenters. The molecule has 0 radical (unpaired) electrons. The third-order valence-corrected chi connectivity index (χ3v) is 5.97. The lowest BCUT2D eigenvalue weighted by molar-refractivity contribution is -0.380. The lowest BCUT2D eigenvalue weighted by Gasteiger charge is -2.14. The topological polar surface area (TPSA) is 145 Å². The van der Waals surface area contributed by atoms with E-state index in [2.05, 4.69) is 15.3 Å². The van der Waals surface area contributed by atoms with Gasteiger partial charge in [-0.05, 0) is 55.0 Å². The highest BCUT2D eigenvalue weighted by atomic mass is 32.1. The molecule has 3 heterocycles. The Morgan fingerprint density at radius 1 is 1.34 bits per heavy atom. The van der Waals surface area contributed by atoms with Gasteiger partial charge in [-0.25, -0.2) is 19.2 Å². The second-order valence-corrected chi connectivity index (χ2v) is 8.65. The summed E-state index contributed by atoms with van der Waals surface area (Å²) < 4.78 is 20.2. The van der Waals surface area contributed by atoms with Crippen LogP contribution in [0.4, 0.5) is 25.0 Å². The molecule has 4 rings (SSSR count). The molecule has 0 aliphatic carbocycles. The molecule has 2 aromatic heterocycles.